The number of hydrogen-bond donors (Lipinski definition) is 1. The Kier molecular flexibility index (Phi) is 3.14. The van der Waals surface area contributed by atoms with Gasteiger partial charge in [0.1, 0.15) is 0 Å². The number of carbonyl (C=O) groups is 2. The number of hydrogen-bond acceptors (Lipinski definition) is 3. The second-order valence-electron chi connectivity index (χ2n) is 3.70. The summed E-state index contributed by atoms with van der Waals surface area (Å²) < 4.78 is 0. The highest BCUT2D eigenvalue weighted by Gasteiger charge is 2.21. The lowest BCUT2D eigenvalue weighted by molar-refractivity contribution is -0.121. The third-order valence-electron chi connectivity index (χ3n) is 2.56. The number of imide groups is 1. The lowest BCUT2D eigenvalue weighted by Crippen LogP contribution is -2.49. The van der Waals surface area contributed by atoms with E-state index in [-0.39, 0.29) is 11.9 Å². The number of rotatable bonds is 3. The summed E-state index contributed by atoms with van der Waals surface area (Å²) in [6, 6.07) is 3.56. The van der Waals surface area contributed by atoms with E-state index in [4.69, 9.17) is 0 Å². The van der Waals surface area contributed by atoms with Crippen LogP contribution >= 0.6 is 0 Å². The molecule has 1 N–H and O–H groups in total. The van der Waals surface area contributed by atoms with Crippen LogP contribution in [-0.4, -0.2) is 34.9 Å². The molecule has 1 aliphatic rings. The van der Waals surface area contributed by atoms with E-state index in [1.165, 1.54) is 0 Å². The fourth-order valence-corrected chi connectivity index (χ4v) is 1.63. The van der Waals surface area contributed by atoms with Crippen LogP contribution < -0.4 is 5.32 Å². The Morgan fingerprint density at radius 2 is 2.06 bits per heavy atom. The quantitative estimate of drug-likeness (QED) is 0.808. The summed E-state index contributed by atoms with van der Waals surface area (Å²) in [6.45, 7) is 1.14. The summed E-state index contributed by atoms with van der Waals surface area (Å²) >= 11 is 0. The number of amides is 3. The molecule has 0 radical (unpaired) electrons. The van der Waals surface area contributed by atoms with Crippen molar-refractivity contribution in [3.8, 4) is 0 Å². The largest absolute Gasteiger partial charge is 0.324 e. The molecule has 1 aromatic heterocycles. The van der Waals surface area contributed by atoms with Gasteiger partial charge in [0.25, 0.3) is 0 Å². The predicted octanol–water partition coefficient (Wildman–Crippen LogP) is 0.566. The smallest absolute Gasteiger partial charge is 0.324 e. The molecule has 2 heterocycles. The molecule has 1 aliphatic heterocycles. The minimum absolute atomic E-state index is 0.190. The van der Waals surface area contributed by atoms with E-state index in [1.54, 1.807) is 17.3 Å². The highest BCUT2D eigenvalue weighted by Crippen LogP contribution is 2.04. The van der Waals surface area contributed by atoms with Gasteiger partial charge in [-0.3, -0.25) is 15.1 Å². The van der Waals surface area contributed by atoms with Crippen LogP contribution in [0, 0.1) is 0 Å². The molecule has 0 saturated carbocycles. The van der Waals surface area contributed by atoms with Crippen LogP contribution in [0.1, 0.15) is 12.0 Å². The van der Waals surface area contributed by atoms with Crippen LogP contribution in [0.2, 0.25) is 0 Å². The molecule has 0 bridgehead atoms. The monoisotopic (exact) mass is 219 g/mol. The molecule has 16 heavy (non-hydrogen) atoms. The number of aromatic nitrogens is 1. The average molecular weight is 219 g/mol. The Balaban J connectivity index is 1.87. The van der Waals surface area contributed by atoms with Crippen molar-refractivity contribution in [1.82, 2.24) is 15.2 Å². The van der Waals surface area contributed by atoms with Crippen LogP contribution in [0.15, 0.2) is 24.5 Å². The second-order valence-corrected chi connectivity index (χ2v) is 3.70. The normalized spacial score (nSPS) is 16.1. The first-order valence-corrected chi connectivity index (χ1v) is 5.23. The summed E-state index contributed by atoms with van der Waals surface area (Å²) in [4.78, 5) is 27.9. The third-order valence-corrected chi connectivity index (χ3v) is 2.56. The molecule has 5 heteroatoms. The summed E-state index contributed by atoms with van der Waals surface area (Å²) in [5.41, 5.74) is 1.14. The molecule has 2 rings (SSSR count). The lowest BCUT2D eigenvalue weighted by atomic mass is 10.2. The maximum Gasteiger partial charge on any atom is 0.324 e. The first kappa shape index (κ1) is 10.6. The molecule has 0 spiro atoms. The van der Waals surface area contributed by atoms with Crippen molar-refractivity contribution in [3.05, 3.63) is 30.1 Å². The molecule has 3 amide bonds. The van der Waals surface area contributed by atoms with Crippen LogP contribution in [-0.2, 0) is 11.2 Å². The fraction of sp³-hybridized carbons (Fsp3) is 0.364. The van der Waals surface area contributed by atoms with Gasteiger partial charge in [-0.05, 0) is 24.1 Å². The zero-order chi connectivity index (χ0) is 11.4. The molecule has 0 aliphatic carbocycles. The number of urea groups is 1. The molecule has 1 fully saturated rings. The number of carbonyl (C=O) groups excluding carboxylic acids is 2. The third kappa shape index (κ3) is 2.56. The molecule has 5 nitrogen and oxygen atoms in total. The first-order chi connectivity index (χ1) is 7.75. The summed E-state index contributed by atoms with van der Waals surface area (Å²) in [5.74, 6) is -0.190. The highest BCUT2D eigenvalue weighted by atomic mass is 16.2. The highest BCUT2D eigenvalue weighted by molar-refractivity contribution is 5.96. The lowest BCUT2D eigenvalue weighted by Gasteiger charge is -2.26. The standard InChI is InChI=1S/C11H13N3O2/c15-10-4-8-14(11(16)13-10)7-3-9-1-5-12-6-2-9/h1-2,5-6H,3-4,7-8H2,(H,13,15,16). The average Bonchev–Trinajstić information content (AvgIpc) is 2.29. The fourth-order valence-electron chi connectivity index (χ4n) is 1.63. The van der Waals surface area contributed by atoms with Crippen molar-refractivity contribution in [3.63, 3.8) is 0 Å². The second kappa shape index (κ2) is 4.74. The van der Waals surface area contributed by atoms with E-state index in [2.05, 4.69) is 10.3 Å². The van der Waals surface area contributed by atoms with E-state index >= 15 is 0 Å². The molecule has 84 valence electrons. The number of nitrogens with zero attached hydrogens (tertiary/aromatic N) is 2. The molecule has 0 atom stereocenters. The van der Waals surface area contributed by atoms with Crippen LogP contribution in [0.25, 0.3) is 0 Å². The van der Waals surface area contributed by atoms with E-state index < -0.39 is 0 Å². The Morgan fingerprint density at radius 1 is 1.31 bits per heavy atom. The Bertz CT molecular complexity index is 391. The van der Waals surface area contributed by atoms with Gasteiger partial charge in [-0.2, -0.15) is 0 Å². The van der Waals surface area contributed by atoms with E-state index in [9.17, 15) is 9.59 Å². The van der Waals surface area contributed by atoms with Crippen molar-refractivity contribution < 1.29 is 9.59 Å². The maximum absolute atomic E-state index is 11.4. The molecule has 1 saturated heterocycles. The zero-order valence-corrected chi connectivity index (χ0v) is 8.85. The van der Waals surface area contributed by atoms with Crippen molar-refractivity contribution >= 4 is 11.9 Å². The molecule has 0 unspecified atom stereocenters. The Labute approximate surface area is 93.5 Å². The molecular weight excluding hydrogens is 206 g/mol. The van der Waals surface area contributed by atoms with Gasteiger partial charge in [0.15, 0.2) is 0 Å². The number of pyridine rings is 1. The predicted molar refractivity (Wildman–Crippen MR) is 57.7 cm³/mol. The van der Waals surface area contributed by atoms with Gasteiger partial charge in [-0.25, -0.2) is 4.79 Å². The minimum Gasteiger partial charge on any atom is -0.324 e. The van der Waals surface area contributed by atoms with Gasteiger partial charge in [-0.1, -0.05) is 0 Å². The van der Waals surface area contributed by atoms with Gasteiger partial charge in [0.2, 0.25) is 5.91 Å². The summed E-state index contributed by atoms with van der Waals surface area (Å²) in [7, 11) is 0. The molecule has 1 aromatic rings. The molecule has 0 aromatic carbocycles. The van der Waals surface area contributed by atoms with Crippen LogP contribution in [0.5, 0.6) is 0 Å². The van der Waals surface area contributed by atoms with Gasteiger partial charge in [-0.15, -0.1) is 0 Å². The minimum atomic E-state index is -0.287. The number of nitrogens with one attached hydrogen (secondary N) is 1. The van der Waals surface area contributed by atoms with E-state index in [0.29, 0.717) is 19.5 Å². The summed E-state index contributed by atoms with van der Waals surface area (Å²) in [6.07, 6.45) is 4.64. The van der Waals surface area contributed by atoms with Crippen molar-refractivity contribution in [1.29, 1.82) is 0 Å². The topological polar surface area (TPSA) is 62.3 Å². The Morgan fingerprint density at radius 3 is 2.75 bits per heavy atom. The van der Waals surface area contributed by atoms with Crippen LogP contribution in [0.4, 0.5) is 4.79 Å². The maximum atomic E-state index is 11.4. The SMILES string of the molecule is O=C1CCN(CCc2ccncc2)C(=O)N1. The van der Waals surface area contributed by atoms with Gasteiger partial charge in [0.05, 0.1) is 0 Å². The van der Waals surface area contributed by atoms with Gasteiger partial charge in [0, 0.05) is 31.9 Å². The first-order valence-electron chi connectivity index (χ1n) is 5.23. The van der Waals surface area contributed by atoms with E-state index in [0.717, 1.165) is 12.0 Å². The Hall–Kier alpha value is -1.91. The molecular formula is C11H13N3O2. The summed E-state index contributed by atoms with van der Waals surface area (Å²) in [5, 5.41) is 2.30. The van der Waals surface area contributed by atoms with E-state index in [1.807, 2.05) is 12.1 Å². The van der Waals surface area contributed by atoms with Crippen molar-refractivity contribution in [2.24, 2.45) is 0 Å². The zero-order valence-electron chi connectivity index (χ0n) is 8.85. The van der Waals surface area contributed by atoms with Crippen molar-refractivity contribution in [2.45, 2.75) is 12.8 Å². The van der Waals surface area contributed by atoms with Gasteiger partial charge >= 0.3 is 6.03 Å². The van der Waals surface area contributed by atoms with Crippen LogP contribution in [0.3, 0.4) is 0 Å². The van der Waals surface area contributed by atoms with Crippen molar-refractivity contribution in [2.75, 3.05) is 13.1 Å². The van der Waals surface area contributed by atoms with Gasteiger partial charge < -0.3 is 4.90 Å².